The number of rotatable bonds is 3. The van der Waals surface area contributed by atoms with Gasteiger partial charge in [0.05, 0.1) is 7.11 Å². The van der Waals surface area contributed by atoms with Crippen molar-refractivity contribution in [2.75, 3.05) is 25.1 Å². The normalized spacial score (nSPS) is 27.8. The second-order valence-corrected chi connectivity index (χ2v) is 5.89. The van der Waals surface area contributed by atoms with Crippen molar-refractivity contribution in [2.45, 2.75) is 39.0 Å². The summed E-state index contributed by atoms with van der Waals surface area (Å²) in [6.45, 7) is 7.92. The van der Waals surface area contributed by atoms with E-state index in [-0.39, 0.29) is 6.17 Å². The zero-order valence-electron chi connectivity index (χ0n) is 13.9. The van der Waals surface area contributed by atoms with Gasteiger partial charge in [-0.1, -0.05) is 0 Å². The van der Waals surface area contributed by atoms with Crippen molar-refractivity contribution in [3.05, 3.63) is 18.1 Å². The van der Waals surface area contributed by atoms with Crippen LogP contribution >= 0.6 is 0 Å². The Morgan fingerprint density at radius 2 is 1.96 bits per heavy atom. The lowest BCUT2D eigenvalue weighted by Gasteiger charge is -2.47. The molecular formula is C15H22N7O. The number of ether oxygens (including phenoxy) is 1. The monoisotopic (exact) mass is 316 g/mol. The van der Waals surface area contributed by atoms with Crippen molar-refractivity contribution >= 4 is 12.3 Å². The molecule has 123 valence electrons. The van der Waals surface area contributed by atoms with E-state index in [4.69, 9.17) is 4.74 Å². The fourth-order valence-electron chi connectivity index (χ4n) is 3.21. The van der Waals surface area contributed by atoms with Crippen LogP contribution < -0.4 is 15.0 Å². The van der Waals surface area contributed by atoms with Crippen LogP contribution in [0, 0.1) is 6.92 Å². The maximum absolute atomic E-state index is 5.16. The van der Waals surface area contributed by atoms with E-state index in [2.05, 4.69) is 61.3 Å². The summed E-state index contributed by atoms with van der Waals surface area (Å²) >= 11 is 0. The summed E-state index contributed by atoms with van der Waals surface area (Å²) in [7, 11) is 1.57. The number of aromatic nitrogens is 3. The molecule has 1 aromatic rings. The molecule has 3 rings (SSSR count). The van der Waals surface area contributed by atoms with Gasteiger partial charge in [-0.2, -0.15) is 15.0 Å². The summed E-state index contributed by atoms with van der Waals surface area (Å²) in [6, 6.07) is 1.01. The first-order valence-corrected chi connectivity index (χ1v) is 7.74. The van der Waals surface area contributed by atoms with E-state index >= 15 is 0 Å². The maximum atomic E-state index is 5.16. The molecule has 1 aromatic heterocycles. The van der Waals surface area contributed by atoms with Gasteiger partial charge in [-0.3, -0.25) is 4.90 Å². The third-order valence-corrected chi connectivity index (χ3v) is 4.11. The summed E-state index contributed by atoms with van der Waals surface area (Å²) in [6.07, 6.45) is 6.78. The summed E-state index contributed by atoms with van der Waals surface area (Å²) < 4.78 is 5.16. The van der Waals surface area contributed by atoms with Crippen LogP contribution in [0.5, 0.6) is 6.01 Å². The van der Waals surface area contributed by atoms with Crippen molar-refractivity contribution in [3.63, 3.8) is 0 Å². The van der Waals surface area contributed by atoms with E-state index in [1.807, 2.05) is 6.92 Å². The first kappa shape index (κ1) is 15.7. The Bertz CT molecular complexity index is 606. The fraction of sp³-hybridized carbons (Fsp3) is 0.600. The summed E-state index contributed by atoms with van der Waals surface area (Å²) in [5.74, 6) is 1.34. The van der Waals surface area contributed by atoms with Gasteiger partial charge in [0, 0.05) is 31.4 Å². The average molecular weight is 316 g/mol. The van der Waals surface area contributed by atoms with E-state index < -0.39 is 0 Å². The SMILES string of the molecule is COc1nc(C)nc(N2C[C@@H](C)N(C3C=CN=[C]N3)[C@@H](C)C2)n1. The molecule has 0 spiro atoms. The molecule has 1 fully saturated rings. The van der Waals surface area contributed by atoms with E-state index in [9.17, 15) is 0 Å². The molecule has 1 radical (unpaired) electrons. The molecule has 8 nitrogen and oxygen atoms in total. The van der Waals surface area contributed by atoms with Crippen molar-refractivity contribution in [2.24, 2.45) is 4.99 Å². The molecule has 23 heavy (non-hydrogen) atoms. The molecule has 0 aliphatic carbocycles. The first-order valence-electron chi connectivity index (χ1n) is 7.74. The predicted octanol–water partition coefficient (Wildman–Crippen LogP) is 0.436. The number of piperazine rings is 1. The van der Waals surface area contributed by atoms with Crippen LogP contribution in [0.15, 0.2) is 17.3 Å². The number of hydrogen-bond acceptors (Lipinski definition) is 8. The number of nitrogens with zero attached hydrogens (tertiary/aromatic N) is 6. The molecule has 0 saturated carbocycles. The predicted molar refractivity (Wildman–Crippen MR) is 87.6 cm³/mol. The van der Waals surface area contributed by atoms with Crippen molar-refractivity contribution in [1.29, 1.82) is 0 Å². The Kier molecular flexibility index (Phi) is 4.42. The van der Waals surface area contributed by atoms with Gasteiger partial charge in [-0.15, -0.1) is 0 Å². The third kappa shape index (κ3) is 3.26. The number of aryl methyl sites for hydroxylation is 1. The highest BCUT2D eigenvalue weighted by atomic mass is 16.5. The maximum Gasteiger partial charge on any atom is 0.321 e. The number of anilines is 1. The lowest BCUT2D eigenvalue weighted by Crippen LogP contribution is -2.63. The van der Waals surface area contributed by atoms with Crippen LogP contribution in [0.1, 0.15) is 19.7 Å². The average Bonchev–Trinajstić information content (AvgIpc) is 2.54. The fourth-order valence-corrected chi connectivity index (χ4v) is 3.21. The molecule has 2 aliphatic rings. The van der Waals surface area contributed by atoms with E-state index in [0.717, 1.165) is 13.1 Å². The Morgan fingerprint density at radius 3 is 2.57 bits per heavy atom. The van der Waals surface area contributed by atoms with Crippen LogP contribution in [-0.4, -0.2) is 64.6 Å². The lowest BCUT2D eigenvalue weighted by molar-refractivity contribution is 0.0923. The van der Waals surface area contributed by atoms with Crippen molar-refractivity contribution in [3.8, 4) is 6.01 Å². The Morgan fingerprint density at radius 1 is 1.22 bits per heavy atom. The van der Waals surface area contributed by atoms with Crippen molar-refractivity contribution < 1.29 is 4.74 Å². The Hall–Kier alpha value is -2.22. The quantitative estimate of drug-likeness (QED) is 0.866. The first-order chi connectivity index (χ1) is 11.1. The highest BCUT2D eigenvalue weighted by molar-refractivity contribution is 5.57. The smallest absolute Gasteiger partial charge is 0.321 e. The minimum Gasteiger partial charge on any atom is -0.467 e. The molecule has 0 amide bonds. The van der Waals surface area contributed by atoms with Crippen LogP contribution in [0.2, 0.25) is 0 Å². The zero-order chi connectivity index (χ0) is 16.4. The summed E-state index contributed by atoms with van der Waals surface area (Å²) in [5.41, 5.74) is 0. The number of nitrogens with one attached hydrogen (secondary N) is 1. The van der Waals surface area contributed by atoms with Gasteiger partial charge in [0.1, 0.15) is 12.0 Å². The molecule has 1 saturated heterocycles. The van der Waals surface area contributed by atoms with Crippen LogP contribution in [0.25, 0.3) is 0 Å². The summed E-state index contributed by atoms with van der Waals surface area (Å²) in [4.78, 5) is 21.6. The molecule has 3 heterocycles. The minimum absolute atomic E-state index is 0.120. The second-order valence-electron chi connectivity index (χ2n) is 5.89. The van der Waals surface area contributed by atoms with Gasteiger partial charge in [-0.05, 0) is 26.8 Å². The van der Waals surface area contributed by atoms with Gasteiger partial charge in [0.15, 0.2) is 6.34 Å². The van der Waals surface area contributed by atoms with Gasteiger partial charge < -0.3 is 15.0 Å². The molecule has 3 atom stereocenters. The van der Waals surface area contributed by atoms with Crippen LogP contribution in [-0.2, 0) is 0 Å². The number of hydrogen-bond donors (Lipinski definition) is 1. The number of aliphatic imine (C=N–C) groups is 1. The second kappa shape index (κ2) is 6.49. The topological polar surface area (TPSA) is 78.8 Å². The third-order valence-electron chi connectivity index (χ3n) is 4.11. The minimum atomic E-state index is 0.120. The van der Waals surface area contributed by atoms with Crippen LogP contribution in [0.3, 0.4) is 0 Å². The molecule has 2 aliphatic heterocycles. The van der Waals surface area contributed by atoms with Gasteiger partial charge in [0.25, 0.3) is 0 Å². The summed E-state index contributed by atoms with van der Waals surface area (Å²) in [5, 5.41) is 3.17. The standard InChI is InChI=1S/C15H22N7O/c1-10-7-21(14-18-12(3)19-15(20-14)23-4)8-11(2)22(10)13-5-6-16-9-17-13/h5-6,10-11,13H,7-8H2,1-4H3,(H,16,17)/t10-,11+,13?. The largest absolute Gasteiger partial charge is 0.467 e. The van der Waals surface area contributed by atoms with Gasteiger partial charge in [-0.25, -0.2) is 4.99 Å². The highest BCUT2D eigenvalue weighted by Gasteiger charge is 2.34. The van der Waals surface area contributed by atoms with Gasteiger partial charge >= 0.3 is 6.01 Å². The zero-order valence-corrected chi connectivity index (χ0v) is 13.9. The molecule has 8 heteroatoms. The highest BCUT2D eigenvalue weighted by Crippen LogP contribution is 2.23. The van der Waals surface area contributed by atoms with E-state index in [1.165, 1.54) is 0 Å². The molecule has 0 aromatic carbocycles. The van der Waals surface area contributed by atoms with Crippen molar-refractivity contribution in [1.82, 2.24) is 25.2 Å². The number of methoxy groups -OCH3 is 1. The Labute approximate surface area is 136 Å². The molecular weight excluding hydrogens is 294 g/mol. The molecule has 1 unspecified atom stereocenters. The van der Waals surface area contributed by atoms with E-state index in [1.54, 1.807) is 13.3 Å². The molecule has 0 bridgehead atoms. The lowest BCUT2D eigenvalue weighted by atomic mass is 10.1. The van der Waals surface area contributed by atoms with Crippen LogP contribution in [0.4, 0.5) is 5.95 Å². The van der Waals surface area contributed by atoms with E-state index in [0.29, 0.717) is 29.9 Å². The van der Waals surface area contributed by atoms with Gasteiger partial charge in [0.2, 0.25) is 5.95 Å². The molecule has 1 N–H and O–H groups in total. The Balaban J connectivity index is 1.77.